The van der Waals surface area contributed by atoms with Crippen LogP contribution in [-0.4, -0.2) is 69.1 Å². The number of nitrogens with zero attached hydrogens (tertiary/aromatic N) is 2. The first-order chi connectivity index (χ1) is 15.3. The molecule has 0 unspecified atom stereocenters. The van der Waals surface area contributed by atoms with Gasteiger partial charge in [-0.05, 0) is 31.7 Å². The third-order valence-electron chi connectivity index (χ3n) is 6.10. The number of nitrogens with two attached hydrogens (primary N) is 1. The van der Waals surface area contributed by atoms with E-state index in [4.69, 9.17) is 15.2 Å². The highest BCUT2D eigenvalue weighted by molar-refractivity contribution is 7.89. The third-order valence-corrected chi connectivity index (χ3v) is 7.98. The van der Waals surface area contributed by atoms with Crippen molar-refractivity contribution in [2.75, 3.05) is 39.5 Å². The SMILES string of the molecule is CC1(C(=O)NC2CCOCC2)CCN(S(=O)(=O)c2ccc(OC/C(=C\F)CN)nc2)CC1. The van der Waals surface area contributed by atoms with Gasteiger partial charge in [0.1, 0.15) is 11.5 Å². The van der Waals surface area contributed by atoms with Crippen LogP contribution in [0.15, 0.2) is 35.1 Å². The molecule has 32 heavy (non-hydrogen) atoms. The van der Waals surface area contributed by atoms with Crippen molar-refractivity contribution >= 4 is 15.9 Å². The van der Waals surface area contributed by atoms with Gasteiger partial charge in [-0.1, -0.05) is 6.92 Å². The van der Waals surface area contributed by atoms with Crippen LogP contribution in [0.4, 0.5) is 4.39 Å². The third kappa shape index (κ3) is 5.83. The van der Waals surface area contributed by atoms with Gasteiger partial charge in [0.05, 0.1) is 12.5 Å². The van der Waals surface area contributed by atoms with Crippen LogP contribution in [0.2, 0.25) is 0 Å². The summed E-state index contributed by atoms with van der Waals surface area (Å²) in [6.45, 7) is 3.63. The minimum atomic E-state index is -3.75. The molecule has 1 aromatic rings. The van der Waals surface area contributed by atoms with Gasteiger partial charge in [0.15, 0.2) is 0 Å². The maximum atomic E-state index is 13.0. The van der Waals surface area contributed by atoms with Crippen LogP contribution in [0.5, 0.6) is 5.88 Å². The lowest BCUT2D eigenvalue weighted by Gasteiger charge is -2.38. The molecule has 2 saturated heterocycles. The second-order valence-corrected chi connectivity index (χ2v) is 10.4. The number of ether oxygens (including phenoxy) is 2. The Labute approximate surface area is 188 Å². The molecule has 0 radical (unpaired) electrons. The van der Waals surface area contributed by atoms with Gasteiger partial charge in [0, 0.05) is 55.9 Å². The van der Waals surface area contributed by atoms with E-state index in [1.807, 2.05) is 6.92 Å². The number of carbonyl (C=O) groups is 1. The minimum absolute atomic E-state index is 0.0178. The topological polar surface area (TPSA) is 124 Å². The molecule has 2 aliphatic rings. The summed E-state index contributed by atoms with van der Waals surface area (Å²) in [5, 5.41) is 3.10. The van der Waals surface area contributed by atoms with E-state index in [9.17, 15) is 17.6 Å². The molecule has 2 aliphatic heterocycles. The van der Waals surface area contributed by atoms with E-state index in [0.29, 0.717) is 32.4 Å². The standard InChI is InChI=1S/C21H31FN4O5S/c1-21(20(27)25-17-4-10-30-11-5-17)6-8-26(9-7-21)32(28,29)18-2-3-19(24-14-18)31-15-16(12-22)13-23/h2-3,12,14,17H,4-11,13,15,23H2,1H3,(H,25,27)/b16-12-. The van der Waals surface area contributed by atoms with Crippen molar-refractivity contribution < 1.29 is 27.1 Å². The Morgan fingerprint density at radius 1 is 1.38 bits per heavy atom. The van der Waals surface area contributed by atoms with E-state index in [-0.39, 0.29) is 54.5 Å². The van der Waals surface area contributed by atoms with Gasteiger partial charge in [-0.2, -0.15) is 4.31 Å². The van der Waals surface area contributed by atoms with E-state index in [1.54, 1.807) is 0 Å². The number of sulfonamides is 1. The van der Waals surface area contributed by atoms with Crippen molar-refractivity contribution in [3.8, 4) is 5.88 Å². The zero-order chi connectivity index (χ0) is 23.2. The highest BCUT2D eigenvalue weighted by atomic mass is 32.2. The lowest BCUT2D eigenvalue weighted by Crippen LogP contribution is -2.51. The van der Waals surface area contributed by atoms with E-state index in [1.165, 1.54) is 22.6 Å². The molecule has 1 amide bonds. The largest absolute Gasteiger partial charge is 0.473 e. The van der Waals surface area contributed by atoms with E-state index in [0.717, 1.165) is 12.8 Å². The first-order valence-electron chi connectivity index (χ1n) is 10.7. The molecule has 0 atom stereocenters. The first kappa shape index (κ1) is 24.6. The normalized spacial score (nSPS) is 20.7. The highest BCUT2D eigenvalue weighted by Gasteiger charge is 2.41. The Kier molecular flexibility index (Phi) is 8.21. The number of carbonyl (C=O) groups excluding carboxylic acids is 1. The number of aromatic nitrogens is 1. The van der Waals surface area contributed by atoms with Crippen LogP contribution >= 0.6 is 0 Å². The number of nitrogens with one attached hydrogen (secondary N) is 1. The van der Waals surface area contributed by atoms with Crippen LogP contribution in [0.3, 0.4) is 0 Å². The lowest BCUT2D eigenvalue weighted by molar-refractivity contribution is -0.133. The number of hydrogen-bond acceptors (Lipinski definition) is 7. The van der Waals surface area contributed by atoms with Crippen molar-refractivity contribution in [2.24, 2.45) is 11.1 Å². The minimum Gasteiger partial charge on any atom is -0.473 e. The maximum absolute atomic E-state index is 13.0. The van der Waals surface area contributed by atoms with E-state index in [2.05, 4.69) is 10.3 Å². The molecule has 0 bridgehead atoms. The van der Waals surface area contributed by atoms with Crippen molar-refractivity contribution in [3.63, 3.8) is 0 Å². The Balaban J connectivity index is 1.57. The number of rotatable bonds is 8. The number of halogens is 1. The summed E-state index contributed by atoms with van der Waals surface area (Å²) in [7, 11) is -3.75. The molecule has 1 aromatic heterocycles. The smallest absolute Gasteiger partial charge is 0.244 e. The molecule has 0 aromatic carbocycles. The first-order valence-corrected chi connectivity index (χ1v) is 12.2. The quantitative estimate of drug-likeness (QED) is 0.588. The van der Waals surface area contributed by atoms with Crippen LogP contribution < -0.4 is 15.8 Å². The number of pyridine rings is 1. The fraction of sp³-hybridized carbons (Fsp3) is 0.619. The summed E-state index contributed by atoms with van der Waals surface area (Å²) in [6.07, 6.45) is 4.07. The molecule has 9 nitrogen and oxygen atoms in total. The fourth-order valence-electron chi connectivity index (χ4n) is 3.70. The van der Waals surface area contributed by atoms with Crippen LogP contribution in [0, 0.1) is 5.41 Å². The van der Waals surface area contributed by atoms with E-state index < -0.39 is 15.4 Å². The monoisotopic (exact) mass is 470 g/mol. The second kappa shape index (κ2) is 10.7. The molecule has 3 rings (SSSR count). The van der Waals surface area contributed by atoms with Gasteiger partial charge in [0.2, 0.25) is 21.8 Å². The number of amides is 1. The van der Waals surface area contributed by atoms with Crippen LogP contribution in [0.1, 0.15) is 32.6 Å². The zero-order valence-electron chi connectivity index (χ0n) is 18.3. The van der Waals surface area contributed by atoms with Gasteiger partial charge in [-0.15, -0.1) is 0 Å². The summed E-state index contributed by atoms with van der Waals surface area (Å²) in [5.41, 5.74) is 5.03. The van der Waals surface area contributed by atoms with Crippen molar-refractivity contribution in [2.45, 2.75) is 43.5 Å². The molecule has 3 heterocycles. The molecule has 11 heteroatoms. The molecule has 0 aliphatic carbocycles. The summed E-state index contributed by atoms with van der Waals surface area (Å²) in [5.74, 6) is 0.150. The second-order valence-electron chi connectivity index (χ2n) is 8.42. The van der Waals surface area contributed by atoms with Gasteiger partial charge >= 0.3 is 0 Å². The fourth-order valence-corrected chi connectivity index (χ4v) is 5.09. The molecule has 178 valence electrons. The molecular formula is C21H31FN4O5S. The van der Waals surface area contributed by atoms with Gasteiger partial charge in [0.25, 0.3) is 0 Å². The van der Waals surface area contributed by atoms with Crippen molar-refractivity contribution in [3.05, 3.63) is 30.2 Å². The summed E-state index contributed by atoms with van der Waals surface area (Å²) < 4.78 is 50.6. The average Bonchev–Trinajstić information content (AvgIpc) is 2.81. The number of hydrogen-bond donors (Lipinski definition) is 2. The average molecular weight is 471 g/mol. The van der Waals surface area contributed by atoms with Crippen molar-refractivity contribution in [1.29, 1.82) is 0 Å². The zero-order valence-corrected chi connectivity index (χ0v) is 19.1. The summed E-state index contributed by atoms with van der Waals surface area (Å²) in [4.78, 5) is 16.9. The maximum Gasteiger partial charge on any atom is 0.244 e. The Morgan fingerprint density at radius 3 is 2.62 bits per heavy atom. The van der Waals surface area contributed by atoms with Gasteiger partial charge in [-0.25, -0.2) is 17.8 Å². The van der Waals surface area contributed by atoms with Crippen LogP contribution in [-0.2, 0) is 19.6 Å². The number of piperidine rings is 1. The van der Waals surface area contributed by atoms with Crippen LogP contribution in [0.25, 0.3) is 0 Å². The molecule has 3 N–H and O–H groups in total. The predicted octanol–water partition coefficient (Wildman–Crippen LogP) is 1.36. The predicted molar refractivity (Wildman–Crippen MR) is 116 cm³/mol. The molecule has 2 fully saturated rings. The van der Waals surface area contributed by atoms with Gasteiger partial charge in [-0.3, -0.25) is 4.79 Å². The summed E-state index contributed by atoms with van der Waals surface area (Å²) in [6, 6.07) is 2.95. The Morgan fingerprint density at radius 2 is 2.06 bits per heavy atom. The van der Waals surface area contributed by atoms with E-state index >= 15 is 0 Å². The molecule has 0 spiro atoms. The molecular weight excluding hydrogens is 439 g/mol. The molecule has 0 saturated carbocycles. The Hall–Kier alpha value is -2.08. The summed E-state index contributed by atoms with van der Waals surface area (Å²) >= 11 is 0. The Bertz CT molecular complexity index is 909. The highest BCUT2D eigenvalue weighted by Crippen LogP contribution is 2.34. The lowest BCUT2D eigenvalue weighted by atomic mass is 9.80. The van der Waals surface area contributed by atoms with Gasteiger partial charge < -0.3 is 20.5 Å². The van der Waals surface area contributed by atoms with Crippen molar-refractivity contribution in [1.82, 2.24) is 14.6 Å².